The number of nitrogens with zero attached hydrogens (tertiary/aromatic N) is 5. The van der Waals surface area contributed by atoms with Crippen molar-refractivity contribution in [2.45, 2.75) is 19.8 Å². The molecule has 0 aliphatic carbocycles. The van der Waals surface area contributed by atoms with Crippen LogP contribution in [0.4, 0.5) is 5.95 Å². The van der Waals surface area contributed by atoms with E-state index in [2.05, 4.69) is 21.8 Å². The van der Waals surface area contributed by atoms with Gasteiger partial charge >= 0.3 is 5.97 Å². The second kappa shape index (κ2) is 9.89. The van der Waals surface area contributed by atoms with Gasteiger partial charge < -0.3 is 14.9 Å². The first kappa shape index (κ1) is 23.7. The number of aromatic nitrogens is 3. The van der Waals surface area contributed by atoms with Crippen LogP contribution in [0.25, 0.3) is 32.0 Å². The minimum absolute atomic E-state index is 0.0615. The number of hydrogen-bond acceptors (Lipinski definition) is 7. The first-order valence-corrected chi connectivity index (χ1v) is 12.8. The number of halogens is 1. The molecular weight excluding hydrogens is 482 g/mol. The molecule has 2 aromatic carbocycles. The van der Waals surface area contributed by atoms with Crippen LogP contribution in [0.15, 0.2) is 42.6 Å². The number of benzene rings is 2. The summed E-state index contributed by atoms with van der Waals surface area (Å²) < 4.78 is 0.945. The number of aryl methyl sites for hydroxylation is 1. The lowest BCUT2D eigenvalue weighted by Gasteiger charge is -2.20. The number of hydrogen-bond donors (Lipinski definition) is 1. The number of carboxylic acids is 1. The zero-order valence-corrected chi connectivity index (χ0v) is 21.2. The number of likely N-dealkylation sites (N-methyl/N-ethyl adjacent to an activating group) is 1. The molecule has 0 amide bonds. The standard InChI is InChI=1S/C26H26ClN5O2S/c1-16-14-21-24(23(19(16)15-22(33)34)17-4-6-18(27)7-5-17)35-25(29-21)20-8-9-28-26(30-20)32-11-3-10-31(2)12-13-32/h4-9,14H,3,10-13,15H2,1-2H3,(H,33,34). The van der Waals surface area contributed by atoms with Gasteiger partial charge in [-0.3, -0.25) is 4.79 Å². The molecule has 1 aliphatic rings. The molecule has 0 saturated carbocycles. The van der Waals surface area contributed by atoms with Crippen LogP contribution in [0.3, 0.4) is 0 Å². The first-order valence-electron chi connectivity index (χ1n) is 11.6. The number of aliphatic carboxylic acids is 1. The summed E-state index contributed by atoms with van der Waals surface area (Å²) in [5, 5.41) is 11.0. The van der Waals surface area contributed by atoms with Gasteiger partial charge in [-0.25, -0.2) is 15.0 Å². The van der Waals surface area contributed by atoms with E-state index in [-0.39, 0.29) is 6.42 Å². The van der Waals surface area contributed by atoms with E-state index in [1.165, 1.54) is 11.3 Å². The average molecular weight is 508 g/mol. The highest BCUT2D eigenvalue weighted by Crippen LogP contribution is 2.40. The molecular formula is C26H26ClN5O2S. The van der Waals surface area contributed by atoms with E-state index in [1.807, 2.05) is 43.3 Å². The molecule has 0 atom stereocenters. The smallest absolute Gasteiger partial charge is 0.307 e. The van der Waals surface area contributed by atoms with Gasteiger partial charge in [0.25, 0.3) is 0 Å². The quantitative estimate of drug-likeness (QED) is 0.400. The molecule has 180 valence electrons. The van der Waals surface area contributed by atoms with E-state index in [1.54, 1.807) is 6.20 Å². The van der Waals surface area contributed by atoms with Gasteiger partial charge in [0.1, 0.15) is 10.7 Å². The van der Waals surface area contributed by atoms with Crippen LogP contribution in [0, 0.1) is 6.92 Å². The summed E-state index contributed by atoms with van der Waals surface area (Å²) in [6.07, 6.45) is 2.80. The van der Waals surface area contributed by atoms with Crippen molar-refractivity contribution in [2.24, 2.45) is 0 Å². The van der Waals surface area contributed by atoms with Crippen molar-refractivity contribution in [3.63, 3.8) is 0 Å². The zero-order valence-electron chi connectivity index (χ0n) is 19.7. The highest BCUT2D eigenvalue weighted by molar-refractivity contribution is 7.22. The van der Waals surface area contributed by atoms with E-state index < -0.39 is 5.97 Å². The molecule has 0 bridgehead atoms. The maximum Gasteiger partial charge on any atom is 0.307 e. The summed E-state index contributed by atoms with van der Waals surface area (Å²) in [5.74, 6) is -0.145. The number of rotatable bonds is 5. The lowest BCUT2D eigenvalue weighted by Crippen LogP contribution is -2.30. The van der Waals surface area contributed by atoms with Gasteiger partial charge in [0.05, 0.1) is 16.6 Å². The second-order valence-corrected chi connectivity index (χ2v) is 10.3. The van der Waals surface area contributed by atoms with Crippen molar-refractivity contribution in [3.8, 4) is 21.8 Å². The van der Waals surface area contributed by atoms with Gasteiger partial charge in [-0.1, -0.05) is 23.7 Å². The molecule has 1 saturated heterocycles. The van der Waals surface area contributed by atoms with Gasteiger partial charge in [0.15, 0.2) is 0 Å². The van der Waals surface area contributed by atoms with Crippen molar-refractivity contribution in [2.75, 3.05) is 38.1 Å². The van der Waals surface area contributed by atoms with Gasteiger partial charge in [-0.15, -0.1) is 11.3 Å². The molecule has 7 nitrogen and oxygen atoms in total. The van der Waals surface area contributed by atoms with Gasteiger partial charge in [-0.05, 0) is 67.9 Å². The lowest BCUT2D eigenvalue weighted by atomic mass is 9.93. The minimum atomic E-state index is -0.865. The number of thiazole rings is 1. The molecule has 0 radical (unpaired) electrons. The number of anilines is 1. The molecule has 2 aromatic heterocycles. The average Bonchev–Trinajstić information content (AvgIpc) is 3.13. The number of carboxylic acid groups (broad SMARTS) is 1. The van der Waals surface area contributed by atoms with E-state index in [0.717, 1.165) is 81.7 Å². The Hall–Kier alpha value is -3.07. The van der Waals surface area contributed by atoms with E-state index >= 15 is 0 Å². The Kier molecular flexibility index (Phi) is 6.69. The van der Waals surface area contributed by atoms with Gasteiger partial charge in [0.2, 0.25) is 5.95 Å². The summed E-state index contributed by atoms with van der Waals surface area (Å²) in [7, 11) is 2.14. The number of carbonyl (C=O) groups is 1. The van der Waals surface area contributed by atoms with Gasteiger partial charge in [0, 0.05) is 36.4 Å². The summed E-state index contributed by atoms with van der Waals surface area (Å²) >= 11 is 7.66. The van der Waals surface area contributed by atoms with E-state index in [9.17, 15) is 9.90 Å². The highest BCUT2D eigenvalue weighted by atomic mass is 35.5. The maximum absolute atomic E-state index is 11.7. The van der Waals surface area contributed by atoms with Crippen LogP contribution in [0.1, 0.15) is 17.5 Å². The largest absolute Gasteiger partial charge is 0.481 e. The minimum Gasteiger partial charge on any atom is -0.481 e. The van der Waals surface area contributed by atoms with Crippen LogP contribution < -0.4 is 4.90 Å². The molecule has 35 heavy (non-hydrogen) atoms. The molecule has 0 unspecified atom stereocenters. The Bertz CT molecular complexity index is 1390. The van der Waals surface area contributed by atoms with Crippen LogP contribution in [-0.2, 0) is 11.2 Å². The fourth-order valence-electron chi connectivity index (χ4n) is 4.51. The Morgan fingerprint density at radius 3 is 2.69 bits per heavy atom. The summed E-state index contributed by atoms with van der Waals surface area (Å²) in [4.78, 5) is 30.6. The fourth-order valence-corrected chi connectivity index (χ4v) is 5.75. The van der Waals surface area contributed by atoms with Crippen LogP contribution in [0.2, 0.25) is 5.02 Å². The SMILES string of the molecule is Cc1cc2nc(-c3ccnc(N4CCCN(C)CC4)n3)sc2c(-c2ccc(Cl)cc2)c1CC(=O)O. The molecule has 1 N–H and O–H groups in total. The normalized spacial score (nSPS) is 14.9. The Labute approximate surface area is 213 Å². The Balaban J connectivity index is 1.61. The highest BCUT2D eigenvalue weighted by Gasteiger charge is 2.21. The summed E-state index contributed by atoms with van der Waals surface area (Å²) in [6.45, 7) is 5.80. The molecule has 5 rings (SSSR count). The Morgan fingerprint density at radius 2 is 1.91 bits per heavy atom. The molecule has 9 heteroatoms. The molecule has 1 aliphatic heterocycles. The number of fused-ring (bicyclic) bond motifs is 1. The van der Waals surface area contributed by atoms with Crippen LogP contribution >= 0.6 is 22.9 Å². The molecule has 4 aromatic rings. The van der Waals surface area contributed by atoms with Crippen LogP contribution in [0.5, 0.6) is 0 Å². The third kappa shape index (κ3) is 5.00. The molecule has 3 heterocycles. The monoisotopic (exact) mass is 507 g/mol. The van der Waals surface area contributed by atoms with Gasteiger partial charge in [-0.2, -0.15) is 0 Å². The van der Waals surface area contributed by atoms with Crippen molar-refractivity contribution in [1.29, 1.82) is 0 Å². The van der Waals surface area contributed by atoms with Crippen molar-refractivity contribution in [1.82, 2.24) is 19.9 Å². The maximum atomic E-state index is 11.7. The predicted molar refractivity (Wildman–Crippen MR) is 141 cm³/mol. The molecule has 0 spiro atoms. The molecule has 1 fully saturated rings. The second-order valence-electron chi connectivity index (χ2n) is 8.88. The van der Waals surface area contributed by atoms with Crippen molar-refractivity contribution in [3.05, 3.63) is 58.7 Å². The topological polar surface area (TPSA) is 82.5 Å². The third-order valence-electron chi connectivity index (χ3n) is 6.34. The zero-order chi connectivity index (χ0) is 24.5. The predicted octanol–water partition coefficient (Wildman–Crippen LogP) is 5.15. The summed E-state index contributed by atoms with van der Waals surface area (Å²) in [5.41, 5.74) is 5.11. The first-order chi connectivity index (χ1) is 16.9. The van der Waals surface area contributed by atoms with E-state index in [4.69, 9.17) is 21.6 Å². The Morgan fingerprint density at radius 1 is 1.11 bits per heavy atom. The van der Waals surface area contributed by atoms with E-state index in [0.29, 0.717) is 5.02 Å². The summed E-state index contributed by atoms with van der Waals surface area (Å²) in [6, 6.07) is 11.4. The van der Waals surface area contributed by atoms with Crippen molar-refractivity contribution >= 4 is 45.1 Å². The van der Waals surface area contributed by atoms with Crippen molar-refractivity contribution < 1.29 is 9.90 Å². The lowest BCUT2D eigenvalue weighted by molar-refractivity contribution is -0.136. The fraction of sp³-hybridized carbons (Fsp3) is 0.308. The van der Waals surface area contributed by atoms with Crippen LogP contribution in [-0.4, -0.2) is 64.2 Å². The third-order valence-corrected chi connectivity index (χ3v) is 7.70.